The Morgan fingerprint density at radius 3 is 2.88 bits per heavy atom. The van der Waals surface area contributed by atoms with Crippen LogP contribution < -0.4 is 0 Å². The molecule has 0 saturated heterocycles. The highest BCUT2D eigenvalue weighted by atomic mass is 35.5. The van der Waals surface area contributed by atoms with E-state index < -0.39 is 5.97 Å². The highest BCUT2D eigenvalue weighted by molar-refractivity contribution is 6.30. The number of rotatable bonds is 4. The van der Waals surface area contributed by atoms with Gasteiger partial charge >= 0.3 is 5.97 Å². The van der Waals surface area contributed by atoms with Gasteiger partial charge in [0.25, 0.3) is 0 Å². The van der Waals surface area contributed by atoms with E-state index in [4.69, 9.17) is 16.7 Å². The lowest BCUT2D eigenvalue weighted by Gasteiger charge is -2.04. The zero-order valence-corrected chi connectivity index (χ0v) is 10.1. The van der Waals surface area contributed by atoms with Gasteiger partial charge < -0.3 is 9.67 Å². The summed E-state index contributed by atoms with van der Waals surface area (Å²) in [6.07, 6.45) is 6.03. The molecule has 2 aromatic rings. The van der Waals surface area contributed by atoms with Crippen LogP contribution >= 0.6 is 11.6 Å². The number of carboxylic acids is 1. The molecule has 2 aromatic heterocycles. The SMILES string of the molecule is Cn1cc(CCn2cc(Cl)cc2C(=O)O)cn1. The average molecular weight is 254 g/mol. The molecule has 90 valence electrons. The molecule has 1 N–H and O–H groups in total. The molecular weight excluding hydrogens is 242 g/mol. The largest absolute Gasteiger partial charge is 0.477 e. The summed E-state index contributed by atoms with van der Waals surface area (Å²) in [5.74, 6) is -0.969. The van der Waals surface area contributed by atoms with E-state index in [0.29, 0.717) is 11.6 Å². The number of carboxylic acid groups (broad SMARTS) is 1. The maximum Gasteiger partial charge on any atom is 0.352 e. The van der Waals surface area contributed by atoms with Crippen molar-refractivity contribution in [1.29, 1.82) is 0 Å². The van der Waals surface area contributed by atoms with Crippen LogP contribution in [0, 0.1) is 0 Å². The maximum atomic E-state index is 11.0. The summed E-state index contributed by atoms with van der Waals surface area (Å²) < 4.78 is 3.35. The predicted molar refractivity (Wildman–Crippen MR) is 63.3 cm³/mol. The Balaban J connectivity index is 2.11. The number of carbonyl (C=O) groups is 1. The Labute approximate surface area is 103 Å². The van der Waals surface area contributed by atoms with E-state index >= 15 is 0 Å². The summed E-state index contributed by atoms with van der Waals surface area (Å²) in [6, 6.07) is 1.45. The van der Waals surface area contributed by atoms with E-state index in [-0.39, 0.29) is 5.69 Å². The van der Waals surface area contributed by atoms with Gasteiger partial charge in [-0.3, -0.25) is 4.68 Å². The first-order valence-electron chi connectivity index (χ1n) is 5.13. The molecule has 0 spiro atoms. The minimum atomic E-state index is -0.969. The molecule has 0 unspecified atom stereocenters. The van der Waals surface area contributed by atoms with E-state index in [9.17, 15) is 4.79 Å². The normalized spacial score (nSPS) is 10.7. The number of halogens is 1. The van der Waals surface area contributed by atoms with Crippen LogP contribution in [0.2, 0.25) is 5.02 Å². The van der Waals surface area contributed by atoms with Crippen LogP contribution in [0.1, 0.15) is 16.1 Å². The van der Waals surface area contributed by atoms with Gasteiger partial charge in [-0.05, 0) is 18.1 Å². The van der Waals surface area contributed by atoms with Crippen molar-refractivity contribution in [2.75, 3.05) is 0 Å². The molecule has 0 bridgehead atoms. The van der Waals surface area contributed by atoms with E-state index in [0.717, 1.165) is 12.0 Å². The minimum absolute atomic E-state index is 0.207. The summed E-state index contributed by atoms with van der Waals surface area (Å²) >= 11 is 5.79. The van der Waals surface area contributed by atoms with Crippen LogP contribution in [0.15, 0.2) is 24.7 Å². The lowest BCUT2D eigenvalue weighted by atomic mass is 10.2. The highest BCUT2D eigenvalue weighted by Crippen LogP contribution is 2.15. The predicted octanol–water partition coefficient (Wildman–Crippen LogP) is 1.82. The number of aromatic carboxylic acids is 1. The third kappa shape index (κ3) is 2.68. The van der Waals surface area contributed by atoms with Gasteiger partial charge in [0.05, 0.1) is 11.2 Å². The monoisotopic (exact) mass is 253 g/mol. The van der Waals surface area contributed by atoms with Crippen molar-refractivity contribution in [1.82, 2.24) is 14.3 Å². The third-order valence-electron chi connectivity index (χ3n) is 2.48. The molecule has 0 atom stereocenters. The van der Waals surface area contributed by atoms with E-state index in [1.165, 1.54) is 6.07 Å². The van der Waals surface area contributed by atoms with Gasteiger partial charge in [0.2, 0.25) is 0 Å². The lowest BCUT2D eigenvalue weighted by Crippen LogP contribution is -2.09. The fourth-order valence-electron chi connectivity index (χ4n) is 1.69. The topological polar surface area (TPSA) is 60.0 Å². The Morgan fingerprint density at radius 1 is 1.53 bits per heavy atom. The zero-order chi connectivity index (χ0) is 12.4. The molecule has 17 heavy (non-hydrogen) atoms. The van der Waals surface area contributed by atoms with Crippen molar-refractivity contribution in [2.45, 2.75) is 13.0 Å². The van der Waals surface area contributed by atoms with Crippen molar-refractivity contribution in [3.05, 3.63) is 40.9 Å². The first-order chi connectivity index (χ1) is 8.06. The van der Waals surface area contributed by atoms with Gasteiger partial charge in [0.15, 0.2) is 0 Å². The molecule has 5 nitrogen and oxygen atoms in total. The van der Waals surface area contributed by atoms with Gasteiger partial charge in [0.1, 0.15) is 5.69 Å². The second-order valence-corrected chi connectivity index (χ2v) is 4.25. The standard InChI is InChI=1S/C11H12ClN3O2/c1-14-6-8(5-13-14)2-3-15-7-9(12)4-10(15)11(16)17/h4-7H,2-3H2,1H3,(H,16,17). The molecular formula is C11H12ClN3O2. The van der Waals surface area contributed by atoms with Crippen LogP contribution in [-0.4, -0.2) is 25.4 Å². The molecule has 0 fully saturated rings. The Bertz CT molecular complexity index is 545. The maximum absolute atomic E-state index is 11.0. The summed E-state index contributed by atoms with van der Waals surface area (Å²) in [4.78, 5) is 11.0. The summed E-state index contributed by atoms with van der Waals surface area (Å²) in [5.41, 5.74) is 1.27. The first-order valence-corrected chi connectivity index (χ1v) is 5.50. The van der Waals surface area contributed by atoms with Crippen LogP contribution in [-0.2, 0) is 20.0 Å². The summed E-state index contributed by atoms with van der Waals surface area (Å²) in [7, 11) is 1.85. The molecule has 0 amide bonds. The molecule has 2 rings (SSSR count). The van der Waals surface area contributed by atoms with Crippen molar-refractivity contribution in [3.8, 4) is 0 Å². The first kappa shape index (κ1) is 11.7. The Hall–Kier alpha value is -1.75. The number of hydrogen-bond donors (Lipinski definition) is 1. The summed E-state index contributed by atoms with van der Waals surface area (Å²) in [5, 5.41) is 13.5. The molecule has 0 aliphatic heterocycles. The average Bonchev–Trinajstić information content (AvgIpc) is 2.82. The van der Waals surface area contributed by atoms with E-state index in [1.54, 1.807) is 21.6 Å². The lowest BCUT2D eigenvalue weighted by molar-refractivity contribution is 0.0685. The zero-order valence-electron chi connectivity index (χ0n) is 9.30. The minimum Gasteiger partial charge on any atom is -0.477 e. The molecule has 0 saturated carbocycles. The summed E-state index contributed by atoms with van der Waals surface area (Å²) in [6.45, 7) is 0.569. The molecule has 2 heterocycles. The number of aromatic nitrogens is 3. The van der Waals surface area contributed by atoms with Crippen molar-refractivity contribution in [2.24, 2.45) is 7.05 Å². The molecule has 0 aliphatic rings. The quantitative estimate of drug-likeness (QED) is 0.904. The molecule has 0 radical (unpaired) electrons. The fourth-order valence-corrected chi connectivity index (χ4v) is 1.91. The highest BCUT2D eigenvalue weighted by Gasteiger charge is 2.11. The van der Waals surface area contributed by atoms with Gasteiger partial charge in [-0.15, -0.1) is 0 Å². The molecule has 0 aromatic carbocycles. The Kier molecular flexibility index (Phi) is 3.19. The van der Waals surface area contributed by atoms with Gasteiger partial charge in [-0.2, -0.15) is 5.10 Å². The van der Waals surface area contributed by atoms with E-state index in [2.05, 4.69) is 5.10 Å². The van der Waals surface area contributed by atoms with Gasteiger partial charge in [0, 0.05) is 26.0 Å². The second-order valence-electron chi connectivity index (χ2n) is 3.81. The van der Waals surface area contributed by atoms with Crippen LogP contribution in [0.25, 0.3) is 0 Å². The van der Waals surface area contributed by atoms with Crippen LogP contribution in [0.4, 0.5) is 0 Å². The van der Waals surface area contributed by atoms with Crippen molar-refractivity contribution >= 4 is 17.6 Å². The van der Waals surface area contributed by atoms with Crippen molar-refractivity contribution in [3.63, 3.8) is 0 Å². The molecule has 0 aliphatic carbocycles. The van der Waals surface area contributed by atoms with Crippen molar-refractivity contribution < 1.29 is 9.90 Å². The number of aryl methyl sites for hydroxylation is 3. The number of nitrogens with zero attached hydrogens (tertiary/aromatic N) is 3. The van der Waals surface area contributed by atoms with Crippen LogP contribution in [0.5, 0.6) is 0 Å². The molecule has 6 heteroatoms. The fraction of sp³-hybridized carbons (Fsp3) is 0.273. The van der Waals surface area contributed by atoms with E-state index in [1.807, 2.05) is 13.2 Å². The van der Waals surface area contributed by atoms with Crippen LogP contribution in [0.3, 0.4) is 0 Å². The smallest absolute Gasteiger partial charge is 0.352 e. The Morgan fingerprint density at radius 2 is 2.29 bits per heavy atom. The van der Waals surface area contributed by atoms with Gasteiger partial charge in [-0.25, -0.2) is 4.79 Å². The third-order valence-corrected chi connectivity index (χ3v) is 2.69. The second kappa shape index (κ2) is 4.63. The van der Waals surface area contributed by atoms with Gasteiger partial charge in [-0.1, -0.05) is 11.6 Å². The number of hydrogen-bond acceptors (Lipinski definition) is 2.